The van der Waals surface area contributed by atoms with Crippen LogP contribution < -0.4 is 4.74 Å². The molecular weight excluding hydrogens is 320 g/mol. The fourth-order valence-electron chi connectivity index (χ4n) is 1.37. The standard InChI is InChI=1S/C11H9BrN2O3S/c12-6-8-1-2-9(14(15)16)10(5-8)17-7-11-13-3-4-18-11/h1-5H,6-7H2. The van der Waals surface area contributed by atoms with Gasteiger partial charge in [0.1, 0.15) is 11.6 Å². The van der Waals surface area contributed by atoms with Gasteiger partial charge in [0, 0.05) is 23.0 Å². The van der Waals surface area contributed by atoms with Crippen LogP contribution in [0, 0.1) is 10.1 Å². The van der Waals surface area contributed by atoms with Crippen LogP contribution in [-0.2, 0) is 11.9 Å². The average Bonchev–Trinajstić information content (AvgIpc) is 2.88. The number of ether oxygens (including phenoxy) is 1. The number of rotatable bonds is 5. The van der Waals surface area contributed by atoms with Crippen LogP contribution in [0.15, 0.2) is 29.8 Å². The maximum Gasteiger partial charge on any atom is 0.310 e. The summed E-state index contributed by atoms with van der Waals surface area (Å²) < 4.78 is 5.47. The minimum Gasteiger partial charge on any atom is -0.479 e. The van der Waals surface area contributed by atoms with Crippen molar-refractivity contribution in [2.45, 2.75) is 11.9 Å². The fourth-order valence-corrected chi connectivity index (χ4v) is 2.25. The van der Waals surface area contributed by atoms with Crippen molar-refractivity contribution in [3.05, 3.63) is 50.5 Å². The summed E-state index contributed by atoms with van der Waals surface area (Å²) in [6.45, 7) is 0.240. The Kier molecular flexibility index (Phi) is 4.27. The topological polar surface area (TPSA) is 65.3 Å². The minimum absolute atomic E-state index is 0.0312. The van der Waals surface area contributed by atoms with Crippen LogP contribution in [-0.4, -0.2) is 9.91 Å². The van der Waals surface area contributed by atoms with Gasteiger partial charge in [-0.3, -0.25) is 10.1 Å². The molecule has 7 heteroatoms. The molecule has 0 saturated carbocycles. The minimum atomic E-state index is -0.449. The number of halogens is 1. The molecule has 0 bridgehead atoms. The molecular formula is C11H9BrN2O3S. The van der Waals surface area contributed by atoms with Gasteiger partial charge >= 0.3 is 5.69 Å². The van der Waals surface area contributed by atoms with Crippen molar-refractivity contribution in [3.8, 4) is 5.75 Å². The van der Waals surface area contributed by atoms with Crippen LogP contribution in [0.25, 0.3) is 0 Å². The smallest absolute Gasteiger partial charge is 0.310 e. The molecule has 18 heavy (non-hydrogen) atoms. The zero-order valence-electron chi connectivity index (χ0n) is 9.21. The van der Waals surface area contributed by atoms with E-state index in [1.54, 1.807) is 18.3 Å². The summed E-state index contributed by atoms with van der Waals surface area (Å²) >= 11 is 4.76. The van der Waals surface area contributed by atoms with Crippen molar-refractivity contribution in [1.82, 2.24) is 4.98 Å². The maximum absolute atomic E-state index is 10.9. The monoisotopic (exact) mass is 328 g/mol. The van der Waals surface area contributed by atoms with Gasteiger partial charge in [0.2, 0.25) is 0 Å². The van der Waals surface area contributed by atoms with Crippen LogP contribution in [0.5, 0.6) is 5.75 Å². The van der Waals surface area contributed by atoms with Gasteiger partial charge in [0.15, 0.2) is 5.75 Å². The largest absolute Gasteiger partial charge is 0.479 e. The van der Waals surface area contributed by atoms with E-state index in [0.717, 1.165) is 10.6 Å². The van der Waals surface area contributed by atoms with Gasteiger partial charge in [-0.2, -0.15) is 0 Å². The normalized spacial score (nSPS) is 10.3. The first-order valence-corrected chi connectivity index (χ1v) is 7.05. The first-order chi connectivity index (χ1) is 8.70. The van der Waals surface area contributed by atoms with Crippen LogP contribution in [0.3, 0.4) is 0 Å². The first kappa shape index (κ1) is 13.0. The lowest BCUT2D eigenvalue weighted by Crippen LogP contribution is -1.99. The third-order valence-corrected chi connectivity index (χ3v) is 3.61. The van der Waals surface area contributed by atoms with E-state index in [4.69, 9.17) is 4.74 Å². The highest BCUT2D eigenvalue weighted by Gasteiger charge is 2.15. The Morgan fingerprint density at radius 3 is 2.94 bits per heavy atom. The molecule has 0 atom stereocenters. The van der Waals surface area contributed by atoms with Gasteiger partial charge < -0.3 is 4.74 Å². The second kappa shape index (κ2) is 5.92. The molecule has 0 saturated heterocycles. The number of hydrogen-bond acceptors (Lipinski definition) is 5. The Labute approximate surface area is 116 Å². The summed E-state index contributed by atoms with van der Waals surface area (Å²) in [5.74, 6) is 0.271. The molecule has 0 unspecified atom stereocenters. The molecule has 5 nitrogen and oxygen atoms in total. The molecule has 0 N–H and O–H groups in total. The SMILES string of the molecule is O=[N+]([O-])c1ccc(CBr)cc1OCc1nccs1. The van der Waals surface area contributed by atoms with E-state index >= 15 is 0 Å². The maximum atomic E-state index is 10.9. The lowest BCUT2D eigenvalue weighted by Gasteiger charge is -2.06. The second-order valence-corrected chi connectivity index (χ2v) is 4.95. The molecule has 1 aromatic carbocycles. The lowest BCUT2D eigenvalue weighted by atomic mass is 10.2. The zero-order chi connectivity index (χ0) is 13.0. The Bertz CT molecular complexity index is 545. The van der Waals surface area contributed by atoms with E-state index in [2.05, 4.69) is 20.9 Å². The number of thiazole rings is 1. The molecule has 2 aromatic rings. The molecule has 0 fully saturated rings. The number of nitro benzene ring substituents is 1. The van der Waals surface area contributed by atoms with E-state index in [-0.39, 0.29) is 18.0 Å². The van der Waals surface area contributed by atoms with Crippen molar-refractivity contribution >= 4 is 33.0 Å². The molecule has 94 valence electrons. The molecule has 0 aliphatic rings. The predicted molar refractivity (Wildman–Crippen MR) is 72.2 cm³/mol. The molecule has 1 heterocycles. The van der Waals surface area contributed by atoms with Crippen molar-refractivity contribution in [3.63, 3.8) is 0 Å². The van der Waals surface area contributed by atoms with E-state index in [0.29, 0.717) is 5.33 Å². The van der Waals surface area contributed by atoms with Crippen molar-refractivity contribution < 1.29 is 9.66 Å². The number of nitro groups is 1. The summed E-state index contributed by atoms with van der Waals surface area (Å²) in [5.41, 5.74) is 0.894. The van der Waals surface area contributed by atoms with Crippen LogP contribution in [0.2, 0.25) is 0 Å². The third-order valence-electron chi connectivity index (χ3n) is 2.21. The third kappa shape index (κ3) is 3.05. The molecule has 0 radical (unpaired) electrons. The molecule has 0 aliphatic carbocycles. The highest BCUT2D eigenvalue weighted by Crippen LogP contribution is 2.29. The summed E-state index contributed by atoms with van der Waals surface area (Å²) in [5, 5.41) is 14.1. The van der Waals surface area contributed by atoms with Gasteiger partial charge in [-0.15, -0.1) is 11.3 Å². The Balaban J connectivity index is 2.20. The van der Waals surface area contributed by atoms with Gasteiger partial charge in [-0.25, -0.2) is 4.98 Å². The highest BCUT2D eigenvalue weighted by molar-refractivity contribution is 9.08. The lowest BCUT2D eigenvalue weighted by molar-refractivity contribution is -0.386. The Hall–Kier alpha value is -1.47. The predicted octanol–water partition coefficient (Wildman–Crippen LogP) is 3.53. The summed E-state index contributed by atoms with van der Waals surface area (Å²) in [7, 11) is 0. The molecule has 0 spiro atoms. The van der Waals surface area contributed by atoms with Crippen molar-refractivity contribution in [2.75, 3.05) is 0 Å². The van der Waals surface area contributed by atoms with Gasteiger partial charge in [-0.05, 0) is 11.6 Å². The van der Waals surface area contributed by atoms with Crippen LogP contribution in [0.4, 0.5) is 5.69 Å². The van der Waals surface area contributed by atoms with E-state index in [1.165, 1.54) is 17.4 Å². The summed E-state index contributed by atoms with van der Waals surface area (Å²) in [6, 6.07) is 4.82. The fraction of sp³-hybridized carbons (Fsp3) is 0.182. The zero-order valence-corrected chi connectivity index (χ0v) is 11.6. The van der Waals surface area contributed by atoms with E-state index < -0.39 is 4.92 Å². The quantitative estimate of drug-likeness (QED) is 0.478. The van der Waals surface area contributed by atoms with Gasteiger partial charge in [-0.1, -0.05) is 22.0 Å². The number of nitrogens with zero attached hydrogens (tertiary/aromatic N) is 2. The number of alkyl halides is 1. The van der Waals surface area contributed by atoms with Crippen LogP contribution >= 0.6 is 27.3 Å². The molecule has 1 aromatic heterocycles. The summed E-state index contributed by atoms with van der Waals surface area (Å²) in [4.78, 5) is 14.5. The molecule has 2 rings (SSSR count). The number of benzene rings is 1. The molecule has 0 aliphatic heterocycles. The van der Waals surface area contributed by atoms with Crippen molar-refractivity contribution in [2.24, 2.45) is 0 Å². The molecule has 0 amide bonds. The average molecular weight is 329 g/mol. The Morgan fingerprint density at radius 1 is 1.50 bits per heavy atom. The van der Waals surface area contributed by atoms with Gasteiger partial charge in [0.25, 0.3) is 0 Å². The first-order valence-electron chi connectivity index (χ1n) is 5.05. The highest BCUT2D eigenvalue weighted by atomic mass is 79.9. The van der Waals surface area contributed by atoms with E-state index in [9.17, 15) is 10.1 Å². The Morgan fingerprint density at radius 2 is 2.33 bits per heavy atom. The number of hydrogen-bond donors (Lipinski definition) is 0. The van der Waals surface area contributed by atoms with Gasteiger partial charge in [0.05, 0.1) is 4.92 Å². The van der Waals surface area contributed by atoms with Crippen LogP contribution in [0.1, 0.15) is 10.6 Å². The number of aromatic nitrogens is 1. The van der Waals surface area contributed by atoms with Crippen molar-refractivity contribution in [1.29, 1.82) is 0 Å². The summed E-state index contributed by atoms with van der Waals surface area (Å²) in [6.07, 6.45) is 1.67. The van der Waals surface area contributed by atoms with E-state index in [1.807, 2.05) is 5.38 Å². The second-order valence-electron chi connectivity index (χ2n) is 3.41.